The monoisotopic (exact) mass is 333 g/mol. The van der Waals surface area contributed by atoms with Crippen LogP contribution in [0.25, 0.3) is 0 Å². The first-order valence-electron chi connectivity index (χ1n) is 6.00. The summed E-state index contributed by atoms with van der Waals surface area (Å²) in [5.74, 6) is 2.38. The van der Waals surface area contributed by atoms with Crippen LogP contribution >= 0.6 is 22.6 Å². The van der Waals surface area contributed by atoms with Gasteiger partial charge >= 0.3 is 0 Å². The average molecular weight is 333 g/mol. The van der Waals surface area contributed by atoms with Crippen LogP contribution < -0.4 is 5.73 Å². The fourth-order valence-electron chi connectivity index (χ4n) is 2.81. The predicted octanol–water partition coefficient (Wildman–Crippen LogP) is 3.38. The van der Waals surface area contributed by atoms with Crippen molar-refractivity contribution in [2.24, 2.45) is 11.8 Å². The highest BCUT2D eigenvalue weighted by molar-refractivity contribution is 14.1. The molecule has 0 radical (unpaired) electrons. The van der Waals surface area contributed by atoms with Crippen molar-refractivity contribution in [1.82, 2.24) is 9.78 Å². The van der Waals surface area contributed by atoms with Crippen LogP contribution in [-0.4, -0.2) is 9.78 Å². The quantitative estimate of drug-likeness (QED) is 0.801. The maximum absolute atomic E-state index is 6.12. The number of rotatable bonds is 1. The number of nitrogens with two attached hydrogens (primary N) is 1. The number of nitrogens with zero attached hydrogens (tertiary/aromatic N) is 2. The number of halogens is 1. The summed E-state index contributed by atoms with van der Waals surface area (Å²) in [6.07, 6.45) is 3.80. The first kappa shape index (κ1) is 12.2. The summed E-state index contributed by atoms with van der Waals surface area (Å²) in [5, 5.41) is 4.59. The third-order valence-electron chi connectivity index (χ3n) is 3.75. The van der Waals surface area contributed by atoms with E-state index in [9.17, 15) is 0 Å². The lowest BCUT2D eigenvalue weighted by Crippen LogP contribution is -2.26. The van der Waals surface area contributed by atoms with E-state index in [0.29, 0.717) is 12.0 Å². The second kappa shape index (κ2) is 4.55. The summed E-state index contributed by atoms with van der Waals surface area (Å²) in [6.45, 7) is 6.70. The molecule has 0 amide bonds. The Balaban J connectivity index is 2.27. The lowest BCUT2D eigenvalue weighted by atomic mass is 9.80. The Morgan fingerprint density at radius 2 is 2.06 bits per heavy atom. The van der Waals surface area contributed by atoms with Crippen LogP contribution in [0.2, 0.25) is 0 Å². The van der Waals surface area contributed by atoms with Crippen molar-refractivity contribution in [2.75, 3.05) is 5.73 Å². The molecule has 90 valence electrons. The molecule has 1 aliphatic rings. The molecule has 1 fully saturated rings. The Labute approximate surface area is 111 Å². The van der Waals surface area contributed by atoms with Gasteiger partial charge in [-0.3, -0.25) is 0 Å². The zero-order chi connectivity index (χ0) is 11.9. The number of anilines is 1. The Bertz CT molecular complexity index is 386. The number of nitrogen functional groups attached to an aromatic ring is 1. The summed E-state index contributed by atoms with van der Waals surface area (Å²) < 4.78 is 3.18. The molecule has 16 heavy (non-hydrogen) atoms. The summed E-state index contributed by atoms with van der Waals surface area (Å²) in [4.78, 5) is 0. The van der Waals surface area contributed by atoms with Gasteiger partial charge in [0.2, 0.25) is 0 Å². The second-order valence-electron chi connectivity index (χ2n) is 5.19. The van der Waals surface area contributed by atoms with Crippen molar-refractivity contribution >= 4 is 28.4 Å². The van der Waals surface area contributed by atoms with E-state index in [1.54, 1.807) is 0 Å². The molecule has 0 aliphatic heterocycles. The highest BCUT2D eigenvalue weighted by Crippen LogP contribution is 2.38. The van der Waals surface area contributed by atoms with Gasteiger partial charge in [-0.1, -0.05) is 13.8 Å². The van der Waals surface area contributed by atoms with Gasteiger partial charge in [0.25, 0.3) is 0 Å². The van der Waals surface area contributed by atoms with E-state index >= 15 is 0 Å². The molecule has 1 aliphatic carbocycles. The normalized spacial score (nSPS) is 30.6. The first-order valence-corrected chi connectivity index (χ1v) is 7.08. The van der Waals surface area contributed by atoms with Crippen molar-refractivity contribution in [3.63, 3.8) is 0 Å². The van der Waals surface area contributed by atoms with E-state index in [-0.39, 0.29) is 0 Å². The Kier molecular flexibility index (Phi) is 3.47. The minimum absolute atomic E-state index is 0.499. The summed E-state index contributed by atoms with van der Waals surface area (Å²) >= 11 is 2.29. The van der Waals surface area contributed by atoms with E-state index in [2.05, 4.69) is 46.2 Å². The third kappa shape index (κ3) is 2.08. The highest BCUT2D eigenvalue weighted by Gasteiger charge is 2.29. The van der Waals surface area contributed by atoms with Crippen LogP contribution in [0.15, 0.2) is 0 Å². The standard InChI is InChI=1S/C12H20IN3/c1-7-4-5-10(8(2)6-7)16-12(14)11(13)9(3)15-16/h7-8,10H,4-6,14H2,1-3H3. The van der Waals surface area contributed by atoms with Gasteiger partial charge in [-0.25, -0.2) is 4.68 Å². The van der Waals surface area contributed by atoms with Gasteiger partial charge in [0.1, 0.15) is 5.82 Å². The molecule has 1 saturated carbocycles. The zero-order valence-electron chi connectivity index (χ0n) is 10.2. The van der Waals surface area contributed by atoms with E-state index < -0.39 is 0 Å². The molecule has 0 saturated heterocycles. The van der Waals surface area contributed by atoms with Crippen molar-refractivity contribution in [3.8, 4) is 0 Å². The zero-order valence-corrected chi connectivity index (χ0v) is 12.4. The smallest absolute Gasteiger partial charge is 0.135 e. The molecule has 4 heteroatoms. The molecular formula is C12H20IN3. The Morgan fingerprint density at radius 3 is 2.56 bits per heavy atom. The minimum Gasteiger partial charge on any atom is -0.383 e. The third-order valence-corrected chi connectivity index (χ3v) is 5.08. The molecule has 1 aromatic heterocycles. The molecule has 3 unspecified atom stereocenters. The lowest BCUT2D eigenvalue weighted by Gasteiger charge is -2.33. The van der Waals surface area contributed by atoms with Crippen molar-refractivity contribution in [1.29, 1.82) is 0 Å². The minimum atomic E-state index is 0.499. The van der Waals surface area contributed by atoms with E-state index in [1.807, 2.05) is 6.92 Å². The van der Waals surface area contributed by atoms with Gasteiger partial charge < -0.3 is 5.73 Å². The Hall–Kier alpha value is -0.260. The number of hydrogen-bond donors (Lipinski definition) is 1. The van der Waals surface area contributed by atoms with Crippen LogP contribution in [0, 0.1) is 22.3 Å². The van der Waals surface area contributed by atoms with Gasteiger partial charge in [-0.2, -0.15) is 5.10 Å². The van der Waals surface area contributed by atoms with Crippen molar-refractivity contribution < 1.29 is 0 Å². The molecule has 0 aromatic carbocycles. The number of hydrogen-bond acceptors (Lipinski definition) is 2. The van der Waals surface area contributed by atoms with Crippen molar-refractivity contribution in [2.45, 2.75) is 46.1 Å². The largest absolute Gasteiger partial charge is 0.383 e. The fourth-order valence-corrected chi connectivity index (χ4v) is 3.17. The van der Waals surface area contributed by atoms with Gasteiger partial charge in [0, 0.05) is 0 Å². The van der Waals surface area contributed by atoms with E-state index in [1.165, 1.54) is 19.3 Å². The summed E-state index contributed by atoms with van der Waals surface area (Å²) in [7, 11) is 0. The summed E-state index contributed by atoms with van der Waals surface area (Å²) in [6, 6.07) is 0.499. The van der Waals surface area contributed by atoms with Gasteiger partial charge in [-0.05, 0) is 60.6 Å². The topological polar surface area (TPSA) is 43.8 Å². The molecule has 3 nitrogen and oxygen atoms in total. The van der Waals surface area contributed by atoms with Crippen molar-refractivity contribution in [3.05, 3.63) is 9.26 Å². The molecule has 0 spiro atoms. The number of aromatic nitrogens is 2. The molecule has 2 N–H and O–H groups in total. The predicted molar refractivity (Wildman–Crippen MR) is 75.3 cm³/mol. The Morgan fingerprint density at radius 1 is 1.38 bits per heavy atom. The number of aryl methyl sites for hydroxylation is 1. The van der Waals surface area contributed by atoms with Crippen LogP contribution in [0.3, 0.4) is 0 Å². The van der Waals surface area contributed by atoms with Crippen LogP contribution in [0.4, 0.5) is 5.82 Å². The molecule has 2 rings (SSSR count). The highest BCUT2D eigenvalue weighted by atomic mass is 127. The van der Waals surface area contributed by atoms with Gasteiger partial charge in [0.05, 0.1) is 15.3 Å². The maximum Gasteiger partial charge on any atom is 0.135 e. The van der Waals surface area contributed by atoms with E-state index in [0.717, 1.165) is 21.0 Å². The molecule has 0 bridgehead atoms. The van der Waals surface area contributed by atoms with Gasteiger partial charge in [0.15, 0.2) is 0 Å². The van der Waals surface area contributed by atoms with Gasteiger partial charge in [-0.15, -0.1) is 0 Å². The average Bonchev–Trinajstić information content (AvgIpc) is 2.46. The SMILES string of the molecule is Cc1nn(C2CCC(C)CC2C)c(N)c1I. The van der Waals surface area contributed by atoms with Crippen LogP contribution in [-0.2, 0) is 0 Å². The molecular weight excluding hydrogens is 313 g/mol. The second-order valence-corrected chi connectivity index (χ2v) is 6.27. The summed E-state index contributed by atoms with van der Waals surface area (Å²) in [5.41, 5.74) is 7.18. The van der Waals surface area contributed by atoms with Crippen LogP contribution in [0.1, 0.15) is 44.8 Å². The molecule has 3 atom stereocenters. The molecule has 1 aromatic rings. The fraction of sp³-hybridized carbons (Fsp3) is 0.750. The van der Waals surface area contributed by atoms with E-state index in [4.69, 9.17) is 5.73 Å². The maximum atomic E-state index is 6.12. The van der Waals surface area contributed by atoms with Crippen LogP contribution in [0.5, 0.6) is 0 Å². The molecule has 1 heterocycles. The lowest BCUT2D eigenvalue weighted by molar-refractivity contribution is 0.197. The first-order chi connectivity index (χ1) is 7.50.